The first-order chi connectivity index (χ1) is 11.4. The summed E-state index contributed by atoms with van der Waals surface area (Å²) in [6, 6.07) is 6.35. The zero-order valence-corrected chi connectivity index (χ0v) is 14.4. The number of aromatic nitrogens is 3. The lowest BCUT2D eigenvalue weighted by Gasteiger charge is -2.07. The van der Waals surface area contributed by atoms with Crippen LogP contribution in [0.3, 0.4) is 0 Å². The van der Waals surface area contributed by atoms with Crippen molar-refractivity contribution in [3.05, 3.63) is 48.0 Å². The smallest absolute Gasteiger partial charge is 0.354 e. The van der Waals surface area contributed by atoms with Gasteiger partial charge in [0, 0.05) is 25.1 Å². The molecule has 3 rings (SSSR count). The molecule has 0 aliphatic rings. The third-order valence-electron chi connectivity index (χ3n) is 3.93. The first kappa shape index (κ1) is 16.3. The molecule has 126 valence electrons. The molecule has 0 bridgehead atoms. The Morgan fingerprint density at radius 3 is 2.79 bits per heavy atom. The van der Waals surface area contributed by atoms with E-state index in [0.29, 0.717) is 16.7 Å². The Kier molecular flexibility index (Phi) is 3.92. The Hall–Kier alpha value is -2.61. The van der Waals surface area contributed by atoms with Crippen molar-refractivity contribution in [3.63, 3.8) is 0 Å². The van der Waals surface area contributed by atoms with Crippen molar-refractivity contribution in [1.29, 1.82) is 0 Å². The molecule has 7 nitrogen and oxygen atoms in total. The molecular formula is C16H17N3O4S. The summed E-state index contributed by atoms with van der Waals surface area (Å²) in [5.41, 5.74) is 1.73. The number of hydrogen-bond acceptors (Lipinski definition) is 5. The molecule has 3 heterocycles. The van der Waals surface area contributed by atoms with Gasteiger partial charge in [0.2, 0.25) is 0 Å². The summed E-state index contributed by atoms with van der Waals surface area (Å²) in [6.07, 6.45) is 3.06. The number of pyridine rings is 1. The van der Waals surface area contributed by atoms with Gasteiger partial charge in [-0.2, -0.15) is 0 Å². The van der Waals surface area contributed by atoms with Crippen LogP contribution >= 0.6 is 0 Å². The highest BCUT2D eigenvalue weighted by molar-refractivity contribution is 7.90. The number of carbonyl (C=O) groups excluding carboxylic acids is 1. The molecule has 0 saturated heterocycles. The fraction of sp³-hybridized carbons (Fsp3) is 0.250. The number of fused-ring (bicyclic) bond motifs is 1. The van der Waals surface area contributed by atoms with Crippen LogP contribution in [0.2, 0.25) is 0 Å². The monoisotopic (exact) mass is 347 g/mol. The zero-order chi connectivity index (χ0) is 17.5. The lowest BCUT2D eigenvalue weighted by Crippen LogP contribution is -2.12. The van der Waals surface area contributed by atoms with Crippen molar-refractivity contribution in [2.45, 2.75) is 18.7 Å². The second-order valence-corrected chi connectivity index (χ2v) is 7.07. The van der Waals surface area contributed by atoms with Gasteiger partial charge in [-0.15, -0.1) is 0 Å². The normalized spacial score (nSPS) is 11.8. The largest absolute Gasteiger partial charge is 0.461 e. The van der Waals surface area contributed by atoms with Crippen LogP contribution in [0.4, 0.5) is 0 Å². The van der Waals surface area contributed by atoms with Gasteiger partial charge in [0.05, 0.1) is 17.6 Å². The summed E-state index contributed by atoms with van der Waals surface area (Å²) < 4.78 is 33.8. The number of rotatable bonds is 4. The lowest BCUT2D eigenvalue weighted by atomic mass is 10.4. The van der Waals surface area contributed by atoms with Gasteiger partial charge in [-0.25, -0.2) is 17.2 Å². The molecule has 0 aliphatic carbocycles. The highest BCUT2D eigenvalue weighted by Crippen LogP contribution is 2.25. The molecule has 0 aromatic carbocycles. The average Bonchev–Trinajstić information content (AvgIpc) is 3.11. The standard InChI is InChI=1S/C16H17N3O4S/c1-4-23-16(20)14-10-15(11(2)18(14)3)24(21,22)19-9-7-12-13(19)6-5-8-17-12/h5-10H,4H2,1-3H3. The first-order valence-corrected chi connectivity index (χ1v) is 8.83. The summed E-state index contributed by atoms with van der Waals surface area (Å²) in [5.74, 6) is -0.552. The summed E-state index contributed by atoms with van der Waals surface area (Å²) in [5, 5.41) is 0. The van der Waals surface area contributed by atoms with E-state index in [4.69, 9.17) is 4.74 Å². The number of nitrogens with zero attached hydrogens (tertiary/aromatic N) is 3. The van der Waals surface area contributed by atoms with Crippen molar-refractivity contribution >= 4 is 27.0 Å². The van der Waals surface area contributed by atoms with Crippen LogP contribution in [0.25, 0.3) is 11.0 Å². The molecular weight excluding hydrogens is 330 g/mol. The van der Waals surface area contributed by atoms with Crippen LogP contribution in [0, 0.1) is 6.92 Å². The minimum absolute atomic E-state index is 0.0643. The van der Waals surface area contributed by atoms with E-state index in [9.17, 15) is 13.2 Å². The molecule has 0 atom stereocenters. The molecule has 8 heteroatoms. The van der Waals surface area contributed by atoms with E-state index < -0.39 is 16.0 Å². The van der Waals surface area contributed by atoms with Gasteiger partial charge in [-0.3, -0.25) is 4.98 Å². The van der Waals surface area contributed by atoms with Crippen LogP contribution in [-0.2, 0) is 21.8 Å². The summed E-state index contributed by atoms with van der Waals surface area (Å²) in [7, 11) is -2.22. The minimum Gasteiger partial charge on any atom is -0.461 e. The number of hydrogen-bond donors (Lipinski definition) is 0. The maximum Gasteiger partial charge on any atom is 0.354 e. The zero-order valence-electron chi connectivity index (χ0n) is 13.6. The Morgan fingerprint density at radius 2 is 2.08 bits per heavy atom. The van der Waals surface area contributed by atoms with Crippen molar-refractivity contribution in [1.82, 2.24) is 13.5 Å². The van der Waals surface area contributed by atoms with Gasteiger partial charge in [-0.1, -0.05) is 0 Å². The molecule has 24 heavy (non-hydrogen) atoms. The van der Waals surface area contributed by atoms with Crippen LogP contribution in [-0.4, -0.2) is 34.5 Å². The highest BCUT2D eigenvalue weighted by atomic mass is 32.2. The molecule has 3 aromatic rings. The van der Waals surface area contributed by atoms with E-state index in [1.165, 1.54) is 20.8 Å². The maximum absolute atomic E-state index is 13.0. The van der Waals surface area contributed by atoms with Crippen molar-refractivity contribution in [2.24, 2.45) is 7.05 Å². The maximum atomic E-state index is 13.0. The SMILES string of the molecule is CCOC(=O)c1cc(S(=O)(=O)n2ccc3ncccc32)c(C)n1C. The Morgan fingerprint density at radius 1 is 1.33 bits per heavy atom. The third kappa shape index (κ3) is 2.39. The van der Waals surface area contributed by atoms with E-state index >= 15 is 0 Å². The van der Waals surface area contributed by atoms with Gasteiger partial charge in [0.25, 0.3) is 10.0 Å². The van der Waals surface area contributed by atoms with E-state index in [1.807, 2.05) is 0 Å². The van der Waals surface area contributed by atoms with Crippen LogP contribution < -0.4 is 0 Å². The molecule has 3 aromatic heterocycles. The Balaban J connectivity index is 2.18. The van der Waals surface area contributed by atoms with Gasteiger partial charge in [-0.05, 0) is 38.1 Å². The van der Waals surface area contributed by atoms with Gasteiger partial charge < -0.3 is 9.30 Å². The molecule has 0 spiro atoms. The number of esters is 1. The predicted molar refractivity (Wildman–Crippen MR) is 88.4 cm³/mol. The second-order valence-electron chi connectivity index (χ2n) is 5.28. The lowest BCUT2D eigenvalue weighted by molar-refractivity contribution is 0.0515. The van der Waals surface area contributed by atoms with E-state index in [-0.39, 0.29) is 17.2 Å². The average molecular weight is 347 g/mol. The summed E-state index contributed by atoms with van der Waals surface area (Å²) >= 11 is 0. The van der Waals surface area contributed by atoms with E-state index in [2.05, 4.69) is 4.98 Å². The summed E-state index contributed by atoms with van der Waals surface area (Å²) in [4.78, 5) is 16.2. The quantitative estimate of drug-likeness (QED) is 0.675. The molecule has 0 radical (unpaired) electrons. The highest BCUT2D eigenvalue weighted by Gasteiger charge is 2.27. The fourth-order valence-electron chi connectivity index (χ4n) is 2.59. The fourth-order valence-corrected chi connectivity index (χ4v) is 4.21. The summed E-state index contributed by atoms with van der Waals surface area (Å²) in [6.45, 7) is 3.57. The molecule has 0 saturated carbocycles. The van der Waals surface area contributed by atoms with Crippen molar-refractivity contribution in [3.8, 4) is 0 Å². The molecule has 0 unspecified atom stereocenters. The third-order valence-corrected chi connectivity index (χ3v) is 5.74. The number of ether oxygens (including phenoxy) is 1. The van der Waals surface area contributed by atoms with Crippen molar-refractivity contribution in [2.75, 3.05) is 6.61 Å². The second kappa shape index (κ2) is 5.79. The molecule has 0 amide bonds. The van der Waals surface area contributed by atoms with E-state index in [1.54, 1.807) is 45.3 Å². The van der Waals surface area contributed by atoms with Crippen LogP contribution in [0.15, 0.2) is 41.6 Å². The minimum atomic E-state index is -3.85. The molecule has 0 fully saturated rings. The van der Waals surface area contributed by atoms with Gasteiger partial charge in [0.1, 0.15) is 10.6 Å². The first-order valence-electron chi connectivity index (χ1n) is 7.39. The van der Waals surface area contributed by atoms with Crippen molar-refractivity contribution < 1.29 is 17.9 Å². The molecule has 0 N–H and O–H groups in total. The number of carbonyl (C=O) groups is 1. The Labute approximate surface area is 139 Å². The topological polar surface area (TPSA) is 83.2 Å². The van der Waals surface area contributed by atoms with Crippen LogP contribution in [0.1, 0.15) is 23.1 Å². The van der Waals surface area contributed by atoms with Gasteiger partial charge in [0.15, 0.2) is 0 Å². The Bertz CT molecular complexity index is 1030. The predicted octanol–water partition coefficient (Wildman–Crippen LogP) is 2.10. The van der Waals surface area contributed by atoms with Crippen LogP contribution in [0.5, 0.6) is 0 Å². The van der Waals surface area contributed by atoms with Gasteiger partial charge >= 0.3 is 5.97 Å². The van der Waals surface area contributed by atoms with E-state index in [0.717, 1.165) is 0 Å². The molecule has 0 aliphatic heterocycles.